The molecule has 2 aromatic carbocycles. The molecular formula is C25H15N3O7S. The van der Waals surface area contributed by atoms with Crippen molar-refractivity contribution in [3.05, 3.63) is 83.2 Å². The first-order valence-electron chi connectivity index (χ1n) is 10.7. The first-order valence-corrected chi connectivity index (χ1v) is 11.5. The third-order valence-electron chi connectivity index (χ3n) is 5.89. The van der Waals surface area contributed by atoms with Gasteiger partial charge in [-0.15, -0.1) is 0 Å². The first kappa shape index (κ1) is 21.7. The standard InChI is InChI=1S/C25H15N3O7S/c29-21(12-5-7-16-17(9-12)35-11-34-16)19-20(15-3-1-2-8-26-15)28(23(31)22(19)30)25-27-14-6-4-13(24(32)33)10-18(14)36-25/h1-10,20,29H,11H2,(H,32,33)/b21-19+. The predicted octanol–water partition coefficient (Wildman–Crippen LogP) is 3.74. The number of aromatic carboxylic acids is 1. The number of fused-ring (bicyclic) bond motifs is 2. The quantitative estimate of drug-likeness (QED) is 0.243. The van der Waals surface area contributed by atoms with Gasteiger partial charge in [0.05, 0.1) is 27.0 Å². The van der Waals surface area contributed by atoms with E-state index < -0.39 is 23.7 Å². The molecule has 36 heavy (non-hydrogen) atoms. The highest BCUT2D eigenvalue weighted by molar-refractivity contribution is 7.22. The second-order valence-corrected chi connectivity index (χ2v) is 8.98. The zero-order chi connectivity index (χ0) is 25.0. The van der Waals surface area contributed by atoms with Crippen LogP contribution in [-0.2, 0) is 9.59 Å². The zero-order valence-corrected chi connectivity index (χ0v) is 19.1. The number of anilines is 1. The number of hydrogen-bond donors (Lipinski definition) is 2. The number of ether oxygens (including phenoxy) is 2. The van der Waals surface area contributed by atoms with E-state index in [1.54, 1.807) is 30.3 Å². The van der Waals surface area contributed by atoms with E-state index in [-0.39, 0.29) is 34.4 Å². The van der Waals surface area contributed by atoms with Gasteiger partial charge in [0, 0.05) is 11.8 Å². The van der Waals surface area contributed by atoms with Gasteiger partial charge in [-0.2, -0.15) is 0 Å². The van der Waals surface area contributed by atoms with Gasteiger partial charge in [0.1, 0.15) is 11.8 Å². The molecule has 0 aliphatic carbocycles. The summed E-state index contributed by atoms with van der Waals surface area (Å²) in [4.78, 5) is 48.0. The minimum atomic E-state index is -1.09. The first-order chi connectivity index (χ1) is 17.4. The number of amides is 1. The minimum absolute atomic E-state index is 0.0407. The molecule has 2 aliphatic rings. The van der Waals surface area contributed by atoms with E-state index in [4.69, 9.17) is 9.47 Å². The highest BCUT2D eigenvalue weighted by atomic mass is 32.1. The Morgan fingerprint density at radius 3 is 2.58 bits per heavy atom. The number of carboxylic acids is 1. The number of pyridine rings is 1. The van der Waals surface area contributed by atoms with Crippen LogP contribution < -0.4 is 14.4 Å². The van der Waals surface area contributed by atoms with E-state index in [0.717, 1.165) is 11.3 Å². The molecule has 0 bridgehead atoms. The molecule has 1 saturated heterocycles. The molecule has 2 aliphatic heterocycles. The second-order valence-electron chi connectivity index (χ2n) is 7.98. The molecule has 2 N–H and O–H groups in total. The van der Waals surface area contributed by atoms with Crippen molar-refractivity contribution in [3.63, 3.8) is 0 Å². The summed E-state index contributed by atoms with van der Waals surface area (Å²) in [5, 5.41) is 20.7. The topological polar surface area (TPSA) is 139 Å². The second kappa shape index (κ2) is 8.17. The van der Waals surface area contributed by atoms with E-state index in [1.807, 2.05) is 0 Å². The number of ketones is 1. The largest absolute Gasteiger partial charge is 0.507 e. The van der Waals surface area contributed by atoms with Crippen LogP contribution in [-0.4, -0.2) is 44.6 Å². The van der Waals surface area contributed by atoms with Gasteiger partial charge in [-0.05, 0) is 48.5 Å². The summed E-state index contributed by atoms with van der Waals surface area (Å²) < 4.78 is 11.2. The maximum atomic E-state index is 13.3. The average molecular weight is 501 g/mol. The van der Waals surface area contributed by atoms with Crippen LogP contribution in [0, 0.1) is 0 Å². The van der Waals surface area contributed by atoms with Gasteiger partial charge in [-0.3, -0.25) is 19.5 Å². The molecular weight excluding hydrogens is 486 g/mol. The Kier molecular flexibility index (Phi) is 4.93. The fourth-order valence-electron chi connectivity index (χ4n) is 4.20. The Morgan fingerprint density at radius 1 is 1.00 bits per heavy atom. The minimum Gasteiger partial charge on any atom is -0.507 e. The summed E-state index contributed by atoms with van der Waals surface area (Å²) in [6, 6.07) is 13.1. The molecule has 10 nitrogen and oxygen atoms in total. The van der Waals surface area contributed by atoms with Crippen molar-refractivity contribution < 1.29 is 34.1 Å². The highest BCUT2D eigenvalue weighted by Gasteiger charge is 2.49. The SMILES string of the molecule is O=C1C(=O)N(c2nc3ccc(C(=O)O)cc3s2)C(c2ccccn2)/C1=C(\O)c1ccc2c(c1)OCO2. The van der Waals surface area contributed by atoms with Gasteiger partial charge in [-0.1, -0.05) is 17.4 Å². The Bertz CT molecular complexity index is 1610. The smallest absolute Gasteiger partial charge is 0.335 e. The lowest BCUT2D eigenvalue weighted by atomic mass is 9.98. The van der Waals surface area contributed by atoms with Crippen LogP contribution in [0.4, 0.5) is 5.13 Å². The van der Waals surface area contributed by atoms with Crippen molar-refractivity contribution in [2.75, 3.05) is 11.7 Å². The molecule has 1 atom stereocenters. The molecule has 1 fully saturated rings. The van der Waals surface area contributed by atoms with E-state index >= 15 is 0 Å². The van der Waals surface area contributed by atoms with E-state index in [2.05, 4.69) is 9.97 Å². The monoisotopic (exact) mass is 501 g/mol. The van der Waals surface area contributed by atoms with Crippen LogP contribution in [0.25, 0.3) is 16.0 Å². The summed E-state index contributed by atoms with van der Waals surface area (Å²) in [5.41, 5.74) is 1.02. The predicted molar refractivity (Wildman–Crippen MR) is 128 cm³/mol. The summed E-state index contributed by atoms with van der Waals surface area (Å²) in [7, 11) is 0. The van der Waals surface area contributed by atoms with Crippen molar-refractivity contribution in [2.45, 2.75) is 6.04 Å². The lowest BCUT2D eigenvalue weighted by Crippen LogP contribution is -2.29. The van der Waals surface area contributed by atoms with Gasteiger partial charge < -0.3 is 19.7 Å². The molecule has 11 heteroatoms. The summed E-state index contributed by atoms with van der Waals surface area (Å²) in [6.45, 7) is 0.0407. The van der Waals surface area contributed by atoms with Crippen LogP contribution in [0.2, 0.25) is 0 Å². The number of carbonyl (C=O) groups is 3. The lowest BCUT2D eigenvalue weighted by molar-refractivity contribution is -0.132. The summed E-state index contributed by atoms with van der Waals surface area (Å²) in [6.07, 6.45) is 1.52. The number of aliphatic hydroxyl groups is 1. The van der Waals surface area contributed by atoms with Crippen LogP contribution in [0.5, 0.6) is 11.5 Å². The highest BCUT2D eigenvalue weighted by Crippen LogP contribution is 2.44. The maximum Gasteiger partial charge on any atom is 0.335 e. The Hall–Kier alpha value is -4.77. The van der Waals surface area contributed by atoms with Crippen molar-refractivity contribution >= 4 is 50.1 Å². The number of benzene rings is 2. The Labute approximate surface area is 206 Å². The number of rotatable bonds is 4. The van der Waals surface area contributed by atoms with Gasteiger partial charge in [0.25, 0.3) is 5.78 Å². The van der Waals surface area contributed by atoms with Crippen molar-refractivity contribution in [2.24, 2.45) is 0 Å². The van der Waals surface area contributed by atoms with Crippen LogP contribution >= 0.6 is 11.3 Å². The Balaban J connectivity index is 1.53. The molecule has 1 amide bonds. The molecule has 1 unspecified atom stereocenters. The molecule has 0 spiro atoms. The van der Waals surface area contributed by atoms with Gasteiger partial charge in [0.2, 0.25) is 6.79 Å². The van der Waals surface area contributed by atoms with Crippen molar-refractivity contribution in [3.8, 4) is 11.5 Å². The lowest BCUT2D eigenvalue weighted by Gasteiger charge is -2.21. The third-order valence-corrected chi connectivity index (χ3v) is 6.91. The van der Waals surface area contributed by atoms with Crippen molar-refractivity contribution in [1.29, 1.82) is 0 Å². The Morgan fingerprint density at radius 2 is 1.81 bits per heavy atom. The molecule has 2 aromatic heterocycles. The molecule has 178 valence electrons. The fourth-order valence-corrected chi connectivity index (χ4v) is 5.23. The van der Waals surface area contributed by atoms with E-state index in [1.165, 1.54) is 35.4 Å². The fraction of sp³-hybridized carbons (Fsp3) is 0.0800. The molecule has 6 rings (SSSR count). The number of carboxylic acid groups (broad SMARTS) is 1. The number of aliphatic hydroxyl groups excluding tert-OH is 1. The summed E-state index contributed by atoms with van der Waals surface area (Å²) >= 11 is 1.07. The van der Waals surface area contributed by atoms with Crippen LogP contribution in [0.3, 0.4) is 0 Å². The summed E-state index contributed by atoms with van der Waals surface area (Å²) in [5.74, 6) is -2.35. The number of aromatic nitrogens is 2. The molecule has 4 aromatic rings. The van der Waals surface area contributed by atoms with Crippen LogP contribution in [0.1, 0.15) is 27.7 Å². The molecule has 0 radical (unpaired) electrons. The number of nitrogens with zero attached hydrogens (tertiary/aromatic N) is 3. The number of thiazole rings is 1. The molecule has 4 heterocycles. The van der Waals surface area contributed by atoms with Gasteiger partial charge >= 0.3 is 11.9 Å². The van der Waals surface area contributed by atoms with Crippen LogP contribution in [0.15, 0.2) is 66.4 Å². The van der Waals surface area contributed by atoms with Gasteiger partial charge in [-0.25, -0.2) is 9.78 Å². The zero-order valence-electron chi connectivity index (χ0n) is 18.2. The maximum absolute atomic E-state index is 13.3. The number of hydrogen-bond acceptors (Lipinski definition) is 9. The van der Waals surface area contributed by atoms with Crippen molar-refractivity contribution in [1.82, 2.24) is 9.97 Å². The number of carbonyl (C=O) groups excluding carboxylic acids is 2. The van der Waals surface area contributed by atoms with E-state index in [0.29, 0.717) is 27.4 Å². The third kappa shape index (κ3) is 3.36. The molecule has 0 saturated carbocycles. The normalized spacial score (nSPS) is 18.2. The number of Topliss-reactive ketones (excluding diaryl/α,β-unsaturated/α-hetero) is 1. The van der Waals surface area contributed by atoms with E-state index in [9.17, 15) is 24.6 Å². The average Bonchev–Trinajstić information content (AvgIpc) is 3.59. The van der Waals surface area contributed by atoms with Gasteiger partial charge in [0.15, 0.2) is 16.6 Å².